The van der Waals surface area contributed by atoms with Gasteiger partial charge in [0.1, 0.15) is 5.75 Å². The van der Waals surface area contributed by atoms with Crippen LogP contribution in [0, 0.1) is 0 Å². The summed E-state index contributed by atoms with van der Waals surface area (Å²) < 4.78 is 5.31. The highest BCUT2D eigenvalue weighted by atomic mass is 32.1. The lowest BCUT2D eigenvalue weighted by atomic mass is 10.1. The third kappa shape index (κ3) is 3.03. The molecule has 1 aromatic carbocycles. The predicted molar refractivity (Wildman–Crippen MR) is 84.6 cm³/mol. The van der Waals surface area contributed by atoms with Gasteiger partial charge < -0.3 is 15.4 Å². The first-order valence-corrected chi connectivity index (χ1v) is 7.89. The number of benzene rings is 1. The number of methoxy groups -OCH3 is 1. The van der Waals surface area contributed by atoms with Gasteiger partial charge in [0.15, 0.2) is 0 Å². The van der Waals surface area contributed by atoms with Crippen LogP contribution in [0.5, 0.6) is 5.75 Å². The number of rotatable bonds is 5. The normalized spacial score (nSPS) is 14.0. The van der Waals surface area contributed by atoms with Crippen molar-refractivity contribution in [3.05, 3.63) is 46.2 Å². The molecule has 2 aromatic rings. The second kappa shape index (κ2) is 5.77. The van der Waals surface area contributed by atoms with Gasteiger partial charge in [-0.1, -0.05) is 0 Å². The van der Waals surface area contributed by atoms with Gasteiger partial charge in [0, 0.05) is 24.3 Å². The molecule has 1 amide bonds. The molecule has 1 fully saturated rings. The molecule has 3 rings (SSSR count). The molecule has 1 aromatic heterocycles. The summed E-state index contributed by atoms with van der Waals surface area (Å²) in [5, 5.41) is 4.12. The van der Waals surface area contributed by atoms with Crippen LogP contribution in [0.15, 0.2) is 35.0 Å². The molecule has 0 bridgehead atoms. The minimum Gasteiger partial charge on any atom is -0.496 e. The van der Waals surface area contributed by atoms with Crippen LogP contribution in [0.1, 0.15) is 28.8 Å². The summed E-state index contributed by atoms with van der Waals surface area (Å²) in [6.45, 7) is 0.653. The number of nitrogen functional groups attached to an aromatic ring is 1. The molecular weight excluding hydrogens is 284 g/mol. The minimum absolute atomic E-state index is 0.0144. The van der Waals surface area contributed by atoms with E-state index < -0.39 is 0 Å². The smallest absolute Gasteiger partial charge is 0.258 e. The zero-order valence-corrected chi connectivity index (χ0v) is 12.7. The highest BCUT2D eigenvalue weighted by Crippen LogP contribution is 2.32. The second-order valence-electron chi connectivity index (χ2n) is 5.26. The average molecular weight is 302 g/mol. The summed E-state index contributed by atoms with van der Waals surface area (Å²) in [5.74, 6) is 0.552. The van der Waals surface area contributed by atoms with Crippen LogP contribution >= 0.6 is 11.3 Å². The van der Waals surface area contributed by atoms with E-state index in [-0.39, 0.29) is 5.91 Å². The number of nitrogens with two attached hydrogens (primary N) is 1. The van der Waals surface area contributed by atoms with Crippen LogP contribution in [-0.2, 0) is 6.54 Å². The van der Waals surface area contributed by atoms with Crippen molar-refractivity contribution in [2.45, 2.75) is 25.4 Å². The number of anilines is 1. The van der Waals surface area contributed by atoms with Crippen molar-refractivity contribution in [1.29, 1.82) is 0 Å². The highest BCUT2D eigenvalue weighted by molar-refractivity contribution is 7.07. The van der Waals surface area contributed by atoms with E-state index in [0.29, 0.717) is 29.6 Å². The number of nitrogens with zero attached hydrogens (tertiary/aromatic N) is 1. The van der Waals surface area contributed by atoms with Gasteiger partial charge in [-0.15, -0.1) is 0 Å². The Bertz CT molecular complexity index is 636. The molecule has 0 unspecified atom stereocenters. The van der Waals surface area contributed by atoms with E-state index in [0.717, 1.165) is 12.8 Å². The lowest BCUT2D eigenvalue weighted by Gasteiger charge is -2.23. The van der Waals surface area contributed by atoms with E-state index in [1.807, 2.05) is 10.3 Å². The number of hydrogen-bond donors (Lipinski definition) is 1. The maximum absolute atomic E-state index is 12.9. The zero-order valence-electron chi connectivity index (χ0n) is 11.9. The molecule has 1 saturated carbocycles. The van der Waals surface area contributed by atoms with E-state index in [9.17, 15) is 4.79 Å². The lowest BCUT2D eigenvalue weighted by Crippen LogP contribution is -2.32. The van der Waals surface area contributed by atoms with Crippen molar-refractivity contribution in [3.8, 4) is 5.75 Å². The van der Waals surface area contributed by atoms with Crippen molar-refractivity contribution in [3.63, 3.8) is 0 Å². The Morgan fingerprint density at radius 1 is 1.43 bits per heavy atom. The number of carbonyl (C=O) groups is 1. The number of amides is 1. The first-order chi connectivity index (χ1) is 10.2. The molecular formula is C16H18N2O2S. The van der Waals surface area contributed by atoms with Crippen LogP contribution in [0.25, 0.3) is 0 Å². The molecule has 0 radical (unpaired) electrons. The van der Waals surface area contributed by atoms with Gasteiger partial charge in [-0.05, 0) is 47.4 Å². The summed E-state index contributed by atoms with van der Waals surface area (Å²) in [5.41, 5.74) is 8.11. The van der Waals surface area contributed by atoms with Gasteiger partial charge in [-0.25, -0.2) is 0 Å². The summed E-state index contributed by atoms with van der Waals surface area (Å²) in [6, 6.07) is 7.60. The maximum atomic E-state index is 12.9. The molecule has 4 nitrogen and oxygen atoms in total. The van der Waals surface area contributed by atoms with E-state index in [1.165, 1.54) is 5.56 Å². The fourth-order valence-corrected chi connectivity index (χ4v) is 3.03. The standard InChI is InChI=1S/C16H18N2O2S/c1-20-15-8-12(17)2-5-14(15)16(19)18(13-3-4-13)9-11-6-7-21-10-11/h2,5-8,10,13H,3-4,9,17H2,1H3. The fraction of sp³-hybridized carbons (Fsp3) is 0.312. The molecule has 21 heavy (non-hydrogen) atoms. The summed E-state index contributed by atoms with van der Waals surface area (Å²) in [7, 11) is 1.56. The molecule has 110 valence electrons. The molecule has 2 N–H and O–H groups in total. The third-order valence-corrected chi connectivity index (χ3v) is 4.37. The van der Waals surface area contributed by atoms with E-state index in [4.69, 9.17) is 10.5 Å². The van der Waals surface area contributed by atoms with Crippen LogP contribution in [-0.4, -0.2) is 24.0 Å². The number of hydrogen-bond acceptors (Lipinski definition) is 4. The van der Waals surface area contributed by atoms with E-state index in [2.05, 4.69) is 11.4 Å². The molecule has 0 spiro atoms. The van der Waals surface area contributed by atoms with Gasteiger partial charge in [0.05, 0.1) is 12.7 Å². The van der Waals surface area contributed by atoms with E-state index >= 15 is 0 Å². The van der Waals surface area contributed by atoms with Crippen LogP contribution in [0.4, 0.5) is 5.69 Å². The Balaban J connectivity index is 1.87. The third-order valence-electron chi connectivity index (χ3n) is 3.64. The molecule has 1 aliphatic rings. The maximum Gasteiger partial charge on any atom is 0.258 e. The van der Waals surface area contributed by atoms with Crippen molar-refractivity contribution < 1.29 is 9.53 Å². The predicted octanol–water partition coefficient (Wildman–Crippen LogP) is 3.14. The van der Waals surface area contributed by atoms with Gasteiger partial charge in [-0.2, -0.15) is 11.3 Å². The van der Waals surface area contributed by atoms with Crippen LogP contribution in [0.3, 0.4) is 0 Å². The van der Waals surface area contributed by atoms with Crippen molar-refractivity contribution in [1.82, 2.24) is 4.90 Å². The Labute approximate surface area is 128 Å². The van der Waals surface area contributed by atoms with Crippen molar-refractivity contribution in [2.24, 2.45) is 0 Å². The molecule has 5 heteroatoms. The first kappa shape index (κ1) is 13.9. The fourth-order valence-electron chi connectivity index (χ4n) is 2.37. The van der Waals surface area contributed by atoms with Gasteiger partial charge in [-0.3, -0.25) is 4.79 Å². The number of ether oxygens (including phenoxy) is 1. The Morgan fingerprint density at radius 2 is 2.24 bits per heavy atom. The van der Waals surface area contributed by atoms with Gasteiger partial charge in [0.2, 0.25) is 0 Å². The SMILES string of the molecule is COc1cc(N)ccc1C(=O)N(Cc1ccsc1)C1CC1. The summed E-state index contributed by atoms with van der Waals surface area (Å²) >= 11 is 1.65. The largest absolute Gasteiger partial charge is 0.496 e. The van der Waals surface area contributed by atoms with Crippen molar-refractivity contribution in [2.75, 3.05) is 12.8 Å². The van der Waals surface area contributed by atoms with Crippen molar-refractivity contribution >= 4 is 22.9 Å². The van der Waals surface area contributed by atoms with Gasteiger partial charge in [0.25, 0.3) is 5.91 Å². The Hall–Kier alpha value is -2.01. The first-order valence-electron chi connectivity index (χ1n) is 6.94. The summed E-state index contributed by atoms with van der Waals surface area (Å²) in [4.78, 5) is 14.8. The Morgan fingerprint density at radius 3 is 2.86 bits per heavy atom. The zero-order chi connectivity index (χ0) is 14.8. The highest BCUT2D eigenvalue weighted by Gasteiger charge is 2.34. The van der Waals surface area contributed by atoms with Crippen LogP contribution < -0.4 is 10.5 Å². The second-order valence-corrected chi connectivity index (χ2v) is 6.04. The molecule has 1 heterocycles. The van der Waals surface area contributed by atoms with E-state index in [1.54, 1.807) is 36.6 Å². The minimum atomic E-state index is 0.0144. The monoisotopic (exact) mass is 302 g/mol. The van der Waals surface area contributed by atoms with Crippen LogP contribution in [0.2, 0.25) is 0 Å². The molecule has 0 atom stereocenters. The number of carbonyl (C=O) groups excluding carboxylic acids is 1. The summed E-state index contributed by atoms with van der Waals surface area (Å²) in [6.07, 6.45) is 2.15. The molecule has 0 saturated heterocycles. The quantitative estimate of drug-likeness (QED) is 0.863. The molecule has 1 aliphatic carbocycles. The Kier molecular flexibility index (Phi) is 3.84. The topological polar surface area (TPSA) is 55.6 Å². The molecule has 0 aliphatic heterocycles. The average Bonchev–Trinajstić information content (AvgIpc) is 3.20. The lowest BCUT2D eigenvalue weighted by molar-refractivity contribution is 0.0727. The number of thiophene rings is 1. The van der Waals surface area contributed by atoms with Gasteiger partial charge >= 0.3 is 0 Å².